The quantitative estimate of drug-likeness (QED) is 0.799. The van der Waals surface area contributed by atoms with Crippen molar-refractivity contribution in [2.75, 3.05) is 0 Å². The van der Waals surface area contributed by atoms with E-state index in [-0.39, 0.29) is 5.75 Å². The zero-order valence-corrected chi connectivity index (χ0v) is 11.3. The summed E-state index contributed by atoms with van der Waals surface area (Å²) < 4.78 is 5.15. The van der Waals surface area contributed by atoms with E-state index in [9.17, 15) is 5.11 Å². The third-order valence-corrected chi connectivity index (χ3v) is 3.87. The maximum absolute atomic E-state index is 9.61. The molecule has 6 heteroatoms. The van der Waals surface area contributed by atoms with E-state index in [1.165, 1.54) is 11.3 Å². The standard InChI is InChI=1S/C13H9ClN2O2S/c14-9-4-2-1-3-8(9)7-11-15-13(18-16-11)12-10(17)5-6-19-12/h1-6,17H,7H2. The molecule has 4 nitrogen and oxygen atoms in total. The molecule has 0 saturated carbocycles. The molecule has 1 N–H and O–H groups in total. The van der Waals surface area contributed by atoms with Crippen LogP contribution in [0.5, 0.6) is 5.75 Å². The Bertz CT molecular complexity index is 708. The SMILES string of the molecule is Oc1ccsc1-c1nc(Cc2ccccc2Cl)no1. The van der Waals surface area contributed by atoms with Crippen molar-refractivity contribution in [2.45, 2.75) is 6.42 Å². The van der Waals surface area contributed by atoms with Gasteiger partial charge in [-0.15, -0.1) is 11.3 Å². The van der Waals surface area contributed by atoms with E-state index in [1.807, 2.05) is 24.3 Å². The summed E-state index contributed by atoms with van der Waals surface area (Å²) in [5.74, 6) is 1.02. The molecule has 19 heavy (non-hydrogen) atoms. The zero-order chi connectivity index (χ0) is 13.2. The van der Waals surface area contributed by atoms with Crippen LogP contribution in [0.3, 0.4) is 0 Å². The molecule has 0 unspecified atom stereocenters. The van der Waals surface area contributed by atoms with E-state index in [2.05, 4.69) is 10.1 Å². The van der Waals surface area contributed by atoms with Gasteiger partial charge in [-0.25, -0.2) is 0 Å². The molecule has 0 aliphatic rings. The van der Waals surface area contributed by atoms with Crippen molar-refractivity contribution in [3.05, 3.63) is 52.1 Å². The first-order valence-electron chi connectivity index (χ1n) is 5.57. The van der Waals surface area contributed by atoms with Crippen LogP contribution in [-0.2, 0) is 6.42 Å². The van der Waals surface area contributed by atoms with E-state index >= 15 is 0 Å². The van der Waals surface area contributed by atoms with Gasteiger partial charge in [0.1, 0.15) is 10.6 Å². The molecule has 0 saturated heterocycles. The van der Waals surface area contributed by atoms with Crippen molar-refractivity contribution in [2.24, 2.45) is 0 Å². The highest BCUT2D eigenvalue weighted by Crippen LogP contribution is 2.33. The highest BCUT2D eigenvalue weighted by atomic mass is 35.5. The van der Waals surface area contributed by atoms with E-state index in [4.69, 9.17) is 16.1 Å². The zero-order valence-electron chi connectivity index (χ0n) is 9.71. The number of nitrogens with zero attached hydrogens (tertiary/aromatic N) is 2. The van der Waals surface area contributed by atoms with Crippen molar-refractivity contribution >= 4 is 22.9 Å². The fraction of sp³-hybridized carbons (Fsp3) is 0.0769. The van der Waals surface area contributed by atoms with E-state index in [0.717, 1.165) is 5.56 Å². The molecule has 3 aromatic rings. The second-order valence-electron chi connectivity index (χ2n) is 3.92. The smallest absolute Gasteiger partial charge is 0.271 e. The number of halogens is 1. The summed E-state index contributed by atoms with van der Waals surface area (Å²) in [7, 11) is 0. The number of benzene rings is 1. The Labute approximate surface area is 118 Å². The Morgan fingerprint density at radius 2 is 2.11 bits per heavy atom. The molecule has 0 bridgehead atoms. The lowest BCUT2D eigenvalue weighted by molar-refractivity contribution is 0.420. The van der Waals surface area contributed by atoms with Crippen molar-refractivity contribution in [1.29, 1.82) is 0 Å². The maximum Gasteiger partial charge on any atom is 0.271 e. The van der Waals surface area contributed by atoms with Gasteiger partial charge in [-0.3, -0.25) is 0 Å². The highest BCUT2D eigenvalue weighted by molar-refractivity contribution is 7.13. The van der Waals surface area contributed by atoms with Gasteiger partial charge >= 0.3 is 0 Å². The summed E-state index contributed by atoms with van der Waals surface area (Å²) in [4.78, 5) is 4.85. The Morgan fingerprint density at radius 1 is 1.26 bits per heavy atom. The Kier molecular flexibility index (Phi) is 3.23. The summed E-state index contributed by atoms with van der Waals surface area (Å²) in [6, 6.07) is 9.12. The van der Waals surface area contributed by atoms with Gasteiger partial charge in [0, 0.05) is 11.4 Å². The summed E-state index contributed by atoms with van der Waals surface area (Å²) in [6.45, 7) is 0. The van der Waals surface area contributed by atoms with Gasteiger partial charge in [0.15, 0.2) is 5.82 Å². The molecule has 0 aliphatic heterocycles. The van der Waals surface area contributed by atoms with Gasteiger partial charge in [0.2, 0.25) is 0 Å². The fourth-order valence-electron chi connectivity index (χ4n) is 1.69. The van der Waals surface area contributed by atoms with E-state index in [1.54, 1.807) is 11.4 Å². The molecule has 0 fully saturated rings. The van der Waals surface area contributed by atoms with Crippen LogP contribution in [0.25, 0.3) is 10.8 Å². The third kappa shape index (κ3) is 2.47. The average molecular weight is 293 g/mol. The number of aromatic hydroxyl groups is 1. The number of aromatic nitrogens is 2. The van der Waals surface area contributed by atoms with Crippen molar-refractivity contribution in [1.82, 2.24) is 10.1 Å². The molecule has 2 aromatic heterocycles. The van der Waals surface area contributed by atoms with Crippen LogP contribution in [0.1, 0.15) is 11.4 Å². The largest absolute Gasteiger partial charge is 0.506 e. The lowest BCUT2D eigenvalue weighted by Gasteiger charge is -1.98. The normalized spacial score (nSPS) is 10.8. The monoisotopic (exact) mass is 292 g/mol. The topological polar surface area (TPSA) is 59.2 Å². The summed E-state index contributed by atoms with van der Waals surface area (Å²) >= 11 is 7.43. The summed E-state index contributed by atoms with van der Waals surface area (Å²) in [5.41, 5.74) is 0.937. The van der Waals surface area contributed by atoms with E-state index in [0.29, 0.717) is 28.0 Å². The Hall–Kier alpha value is -1.85. The van der Waals surface area contributed by atoms with Crippen LogP contribution in [0.15, 0.2) is 40.2 Å². The molecular weight excluding hydrogens is 284 g/mol. The molecule has 0 radical (unpaired) electrons. The van der Waals surface area contributed by atoms with Crippen LogP contribution >= 0.6 is 22.9 Å². The van der Waals surface area contributed by atoms with Gasteiger partial charge in [0.25, 0.3) is 5.89 Å². The minimum Gasteiger partial charge on any atom is -0.506 e. The van der Waals surface area contributed by atoms with Crippen LogP contribution in [0.2, 0.25) is 5.02 Å². The predicted octanol–water partition coefficient (Wildman–Crippen LogP) is 3.75. The second-order valence-corrected chi connectivity index (χ2v) is 5.24. The highest BCUT2D eigenvalue weighted by Gasteiger charge is 2.14. The first-order valence-corrected chi connectivity index (χ1v) is 6.82. The van der Waals surface area contributed by atoms with Crippen LogP contribution in [0, 0.1) is 0 Å². The molecule has 0 spiro atoms. The minimum atomic E-state index is 0.151. The van der Waals surface area contributed by atoms with Gasteiger partial charge in [-0.2, -0.15) is 4.98 Å². The van der Waals surface area contributed by atoms with Crippen LogP contribution in [-0.4, -0.2) is 15.2 Å². The predicted molar refractivity (Wildman–Crippen MR) is 73.5 cm³/mol. The molecule has 0 atom stereocenters. The first-order chi connectivity index (χ1) is 9.24. The molecule has 1 aromatic carbocycles. The van der Waals surface area contributed by atoms with Crippen LogP contribution in [0.4, 0.5) is 0 Å². The molecule has 0 amide bonds. The number of hydrogen-bond donors (Lipinski definition) is 1. The van der Waals surface area contributed by atoms with Gasteiger partial charge in [-0.05, 0) is 23.1 Å². The molecule has 2 heterocycles. The molecule has 0 aliphatic carbocycles. The van der Waals surface area contributed by atoms with Gasteiger partial charge in [0.05, 0.1) is 0 Å². The van der Waals surface area contributed by atoms with Gasteiger partial charge in [-0.1, -0.05) is 35.0 Å². The molecular formula is C13H9ClN2O2S. The second kappa shape index (κ2) is 5.03. The van der Waals surface area contributed by atoms with Crippen molar-refractivity contribution < 1.29 is 9.63 Å². The summed E-state index contributed by atoms with van der Waals surface area (Å²) in [5, 5.41) is 15.9. The lowest BCUT2D eigenvalue weighted by atomic mass is 10.1. The summed E-state index contributed by atoms with van der Waals surface area (Å²) in [6.07, 6.45) is 0.495. The van der Waals surface area contributed by atoms with Crippen LogP contribution < -0.4 is 0 Å². The van der Waals surface area contributed by atoms with E-state index < -0.39 is 0 Å². The minimum absolute atomic E-state index is 0.151. The third-order valence-electron chi connectivity index (χ3n) is 2.61. The Morgan fingerprint density at radius 3 is 2.84 bits per heavy atom. The Balaban J connectivity index is 1.87. The molecule has 3 rings (SSSR count). The number of hydrogen-bond acceptors (Lipinski definition) is 5. The average Bonchev–Trinajstić information content (AvgIpc) is 3.01. The maximum atomic E-state index is 9.61. The van der Waals surface area contributed by atoms with Gasteiger partial charge < -0.3 is 9.63 Å². The van der Waals surface area contributed by atoms with Crippen molar-refractivity contribution in [3.8, 4) is 16.5 Å². The number of thiophene rings is 1. The van der Waals surface area contributed by atoms with Crippen molar-refractivity contribution in [3.63, 3.8) is 0 Å². The lowest BCUT2D eigenvalue weighted by Crippen LogP contribution is -1.91. The fourth-order valence-corrected chi connectivity index (χ4v) is 2.60. The first kappa shape index (κ1) is 12.2. The molecule has 96 valence electrons. The number of rotatable bonds is 3.